The first-order valence-corrected chi connectivity index (χ1v) is 7.21. The van der Waals surface area contributed by atoms with Crippen LogP contribution in [0.4, 0.5) is 0 Å². The van der Waals surface area contributed by atoms with Gasteiger partial charge in [-0.1, -0.05) is 11.6 Å². The number of sulfonamides is 1. The van der Waals surface area contributed by atoms with Crippen molar-refractivity contribution in [3.8, 4) is 0 Å². The molecule has 94 valence electrons. The third kappa shape index (κ3) is 3.38. The molecular weight excluding hydrogens is 262 g/mol. The zero-order valence-corrected chi connectivity index (χ0v) is 10.7. The van der Waals surface area contributed by atoms with Crippen LogP contribution in [-0.2, 0) is 10.0 Å². The van der Waals surface area contributed by atoms with Gasteiger partial charge in [0.05, 0.1) is 5.02 Å². The third-order valence-corrected chi connectivity index (χ3v) is 4.32. The zero-order valence-electron chi connectivity index (χ0n) is 9.14. The zero-order chi connectivity index (χ0) is 12.5. The summed E-state index contributed by atoms with van der Waals surface area (Å²) in [5.41, 5.74) is 5.83. The molecule has 1 unspecified atom stereocenters. The summed E-state index contributed by atoms with van der Waals surface area (Å²) >= 11 is 5.69. The first-order valence-electron chi connectivity index (χ1n) is 5.35. The number of hydrogen-bond acceptors (Lipinski definition) is 4. The number of halogens is 1. The molecule has 1 aromatic heterocycles. The van der Waals surface area contributed by atoms with Gasteiger partial charge < -0.3 is 5.73 Å². The Balaban J connectivity index is 2.03. The Bertz CT molecular complexity index is 502. The van der Waals surface area contributed by atoms with Crippen molar-refractivity contribution in [1.82, 2.24) is 9.71 Å². The molecule has 1 atom stereocenters. The van der Waals surface area contributed by atoms with Gasteiger partial charge in [-0.25, -0.2) is 13.1 Å². The summed E-state index contributed by atoms with van der Waals surface area (Å²) in [6.45, 7) is 0.250. The van der Waals surface area contributed by atoms with Crippen molar-refractivity contribution < 1.29 is 8.42 Å². The maximum atomic E-state index is 11.9. The quantitative estimate of drug-likeness (QED) is 0.830. The minimum atomic E-state index is -3.56. The van der Waals surface area contributed by atoms with Crippen LogP contribution in [0.25, 0.3) is 0 Å². The predicted molar refractivity (Wildman–Crippen MR) is 65.1 cm³/mol. The normalized spacial score (nSPS) is 18.0. The van der Waals surface area contributed by atoms with Gasteiger partial charge in [-0.05, 0) is 24.8 Å². The van der Waals surface area contributed by atoms with E-state index in [1.165, 1.54) is 18.5 Å². The fourth-order valence-electron chi connectivity index (χ4n) is 1.52. The first-order chi connectivity index (χ1) is 7.99. The molecule has 0 amide bonds. The molecule has 0 aromatic carbocycles. The van der Waals surface area contributed by atoms with E-state index >= 15 is 0 Å². The van der Waals surface area contributed by atoms with E-state index in [4.69, 9.17) is 17.3 Å². The number of pyridine rings is 1. The number of hydrogen-bond donors (Lipinski definition) is 2. The van der Waals surface area contributed by atoms with Crippen LogP contribution in [0.2, 0.25) is 5.02 Å². The summed E-state index contributed by atoms with van der Waals surface area (Å²) < 4.78 is 26.2. The van der Waals surface area contributed by atoms with Crippen LogP contribution in [-0.4, -0.2) is 26.0 Å². The Kier molecular flexibility index (Phi) is 3.67. The van der Waals surface area contributed by atoms with Gasteiger partial charge in [-0.15, -0.1) is 0 Å². The molecule has 0 saturated heterocycles. The molecule has 17 heavy (non-hydrogen) atoms. The molecule has 7 heteroatoms. The maximum absolute atomic E-state index is 11.9. The van der Waals surface area contributed by atoms with E-state index in [1.54, 1.807) is 0 Å². The van der Waals surface area contributed by atoms with E-state index in [0.717, 1.165) is 12.8 Å². The number of nitrogens with one attached hydrogen (secondary N) is 1. The molecule has 1 saturated carbocycles. The van der Waals surface area contributed by atoms with Crippen LogP contribution in [0.15, 0.2) is 23.4 Å². The Morgan fingerprint density at radius 1 is 1.53 bits per heavy atom. The van der Waals surface area contributed by atoms with Crippen molar-refractivity contribution in [2.24, 2.45) is 11.7 Å². The summed E-state index contributed by atoms with van der Waals surface area (Å²) in [5.74, 6) is 0.454. The van der Waals surface area contributed by atoms with Gasteiger partial charge in [0.15, 0.2) is 0 Å². The van der Waals surface area contributed by atoms with Crippen molar-refractivity contribution >= 4 is 21.6 Å². The highest BCUT2D eigenvalue weighted by Gasteiger charge is 2.29. The monoisotopic (exact) mass is 275 g/mol. The summed E-state index contributed by atoms with van der Waals surface area (Å²) in [6.07, 6.45) is 4.82. The van der Waals surface area contributed by atoms with Gasteiger partial charge in [0.1, 0.15) is 4.90 Å². The Morgan fingerprint density at radius 3 is 2.82 bits per heavy atom. The largest absolute Gasteiger partial charge is 0.326 e. The van der Waals surface area contributed by atoms with Crippen LogP contribution in [0, 0.1) is 5.92 Å². The van der Waals surface area contributed by atoms with Gasteiger partial charge in [0, 0.05) is 25.0 Å². The van der Waals surface area contributed by atoms with E-state index in [2.05, 4.69) is 9.71 Å². The SMILES string of the molecule is NC(CNS(=O)(=O)c1cncc(Cl)c1)C1CC1. The maximum Gasteiger partial charge on any atom is 0.242 e. The van der Waals surface area contributed by atoms with Crippen molar-refractivity contribution in [2.75, 3.05) is 6.54 Å². The lowest BCUT2D eigenvalue weighted by Gasteiger charge is -2.11. The highest BCUT2D eigenvalue weighted by atomic mass is 35.5. The fourth-order valence-corrected chi connectivity index (χ4v) is 2.82. The van der Waals surface area contributed by atoms with Crippen molar-refractivity contribution in [2.45, 2.75) is 23.8 Å². The topological polar surface area (TPSA) is 85.1 Å². The average Bonchev–Trinajstić information content (AvgIpc) is 3.10. The molecule has 1 aliphatic carbocycles. The van der Waals surface area contributed by atoms with Crippen LogP contribution in [0.3, 0.4) is 0 Å². The third-order valence-electron chi connectivity index (χ3n) is 2.73. The minimum Gasteiger partial charge on any atom is -0.326 e. The number of nitrogens with zero attached hydrogens (tertiary/aromatic N) is 1. The van der Waals surface area contributed by atoms with Gasteiger partial charge in [-0.2, -0.15) is 0 Å². The Hall–Kier alpha value is -0.690. The molecule has 2 rings (SSSR count). The van der Waals surface area contributed by atoms with E-state index in [0.29, 0.717) is 10.9 Å². The first kappa shape index (κ1) is 12.8. The van der Waals surface area contributed by atoms with E-state index in [1.807, 2.05) is 0 Å². The average molecular weight is 276 g/mol. The molecule has 5 nitrogen and oxygen atoms in total. The lowest BCUT2D eigenvalue weighted by Crippen LogP contribution is -2.38. The molecular formula is C10H14ClN3O2S. The summed E-state index contributed by atoms with van der Waals surface area (Å²) in [6, 6.07) is 1.25. The smallest absolute Gasteiger partial charge is 0.242 e. The van der Waals surface area contributed by atoms with E-state index in [9.17, 15) is 8.42 Å². The lowest BCUT2D eigenvalue weighted by atomic mass is 10.2. The highest BCUT2D eigenvalue weighted by molar-refractivity contribution is 7.89. The lowest BCUT2D eigenvalue weighted by molar-refractivity contribution is 0.547. The second-order valence-corrected chi connectivity index (χ2v) is 6.40. The number of rotatable bonds is 5. The number of aromatic nitrogens is 1. The molecule has 0 aliphatic heterocycles. The minimum absolute atomic E-state index is 0.0630. The second kappa shape index (κ2) is 4.89. The van der Waals surface area contributed by atoms with Crippen molar-refractivity contribution in [3.05, 3.63) is 23.5 Å². The van der Waals surface area contributed by atoms with Crippen molar-refractivity contribution in [3.63, 3.8) is 0 Å². The van der Waals surface area contributed by atoms with Gasteiger partial charge in [0.2, 0.25) is 10.0 Å². The van der Waals surface area contributed by atoms with Gasteiger partial charge in [-0.3, -0.25) is 4.98 Å². The summed E-state index contributed by atoms with van der Waals surface area (Å²) in [5, 5.41) is 0.291. The molecule has 1 aromatic rings. The van der Waals surface area contributed by atoms with Gasteiger partial charge in [0.25, 0.3) is 0 Å². The summed E-state index contributed by atoms with van der Waals surface area (Å²) in [4.78, 5) is 3.81. The molecule has 3 N–H and O–H groups in total. The van der Waals surface area contributed by atoms with Crippen LogP contribution < -0.4 is 10.5 Å². The predicted octanol–water partition coefficient (Wildman–Crippen LogP) is 0.751. The van der Waals surface area contributed by atoms with Crippen LogP contribution in [0.1, 0.15) is 12.8 Å². The molecule has 0 bridgehead atoms. The highest BCUT2D eigenvalue weighted by Crippen LogP contribution is 2.31. The Labute approximate surface area is 105 Å². The van der Waals surface area contributed by atoms with Crippen LogP contribution >= 0.6 is 11.6 Å². The molecule has 0 radical (unpaired) electrons. The summed E-state index contributed by atoms with van der Waals surface area (Å²) in [7, 11) is -3.56. The van der Waals surface area contributed by atoms with E-state index in [-0.39, 0.29) is 17.5 Å². The standard InChI is InChI=1S/C10H14ClN3O2S/c11-8-3-9(5-13-4-8)17(15,16)14-6-10(12)7-1-2-7/h3-5,7,10,14H,1-2,6,12H2. The molecule has 0 spiro atoms. The number of nitrogens with two attached hydrogens (primary N) is 1. The molecule has 1 heterocycles. The molecule has 1 aliphatic rings. The van der Waals surface area contributed by atoms with E-state index < -0.39 is 10.0 Å². The Morgan fingerprint density at radius 2 is 2.24 bits per heavy atom. The second-order valence-electron chi connectivity index (χ2n) is 4.19. The molecule has 1 fully saturated rings. The van der Waals surface area contributed by atoms with Crippen LogP contribution in [0.5, 0.6) is 0 Å². The van der Waals surface area contributed by atoms with Gasteiger partial charge >= 0.3 is 0 Å². The fraction of sp³-hybridized carbons (Fsp3) is 0.500. The van der Waals surface area contributed by atoms with Crippen molar-refractivity contribution in [1.29, 1.82) is 0 Å².